The predicted molar refractivity (Wildman–Crippen MR) is 104 cm³/mol. The lowest BCUT2D eigenvalue weighted by atomic mass is 9.96. The van der Waals surface area contributed by atoms with Crippen molar-refractivity contribution in [2.45, 2.75) is 33.0 Å². The lowest BCUT2D eigenvalue weighted by Crippen LogP contribution is -2.15. The van der Waals surface area contributed by atoms with Gasteiger partial charge >= 0.3 is 0 Å². The maximum Gasteiger partial charge on any atom is 0.108 e. The predicted octanol–water partition coefficient (Wildman–Crippen LogP) is 4.64. The monoisotopic (exact) mass is 326 g/mol. The Kier molecular flexibility index (Phi) is 5.89. The van der Waals surface area contributed by atoms with E-state index in [2.05, 4.69) is 101 Å². The molecule has 0 saturated carbocycles. The molecule has 0 aliphatic rings. The second-order valence-corrected chi connectivity index (χ2v) is 6.99. The summed E-state index contributed by atoms with van der Waals surface area (Å²) in [6.07, 6.45) is 0.119. The van der Waals surface area contributed by atoms with E-state index in [-0.39, 0.29) is 12.2 Å². The Bertz CT molecular complexity index is 660. The molecule has 0 N–H and O–H groups in total. The summed E-state index contributed by atoms with van der Waals surface area (Å²) in [6, 6.07) is 15.2. The van der Waals surface area contributed by atoms with E-state index in [9.17, 15) is 0 Å². The third-order valence-electron chi connectivity index (χ3n) is 4.17. The molecular weight excluding hydrogens is 296 g/mol. The largest absolute Gasteiger partial charge is 0.378 e. The number of hydrogen-bond donors (Lipinski definition) is 0. The number of benzene rings is 2. The van der Waals surface area contributed by atoms with Gasteiger partial charge in [0, 0.05) is 39.6 Å². The van der Waals surface area contributed by atoms with Crippen molar-refractivity contribution >= 4 is 11.4 Å². The molecule has 1 atom stereocenters. The first-order chi connectivity index (χ1) is 11.3. The highest BCUT2D eigenvalue weighted by molar-refractivity contribution is 5.52. The third-order valence-corrected chi connectivity index (χ3v) is 4.17. The minimum atomic E-state index is -0.0441. The van der Waals surface area contributed by atoms with Crippen LogP contribution >= 0.6 is 0 Å². The fraction of sp³-hybridized carbons (Fsp3) is 0.429. The van der Waals surface area contributed by atoms with E-state index in [0.717, 1.165) is 0 Å². The molecule has 0 radical (unpaired) electrons. The van der Waals surface area contributed by atoms with Gasteiger partial charge in [-0.2, -0.15) is 0 Å². The van der Waals surface area contributed by atoms with Gasteiger partial charge in [-0.05, 0) is 61.7 Å². The van der Waals surface area contributed by atoms with E-state index in [1.807, 2.05) is 0 Å². The molecule has 0 saturated heterocycles. The summed E-state index contributed by atoms with van der Waals surface area (Å²) in [4.78, 5) is 4.24. The van der Waals surface area contributed by atoms with Crippen LogP contribution in [0.2, 0.25) is 0 Å². The van der Waals surface area contributed by atoms with E-state index in [1.54, 1.807) is 0 Å². The first kappa shape index (κ1) is 18.3. The Balaban J connectivity index is 2.41. The Morgan fingerprint density at radius 1 is 0.792 bits per heavy atom. The van der Waals surface area contributed by atoms with Crippen molar-refractivity contribution in [1.82, 2.24) is 0 Å². The highest BCUT2D eigenvalue weighted by Gasteiger charge is 2.19. The average molecular weight is 326 g/mol. The molecule has 0 fully saturated rings. The minimum absolute atomic E-state index is 0.0441. The fourth-order valence-corrected chi connectivity index (χ4v) is 2.78. The van der Waals surface area contributed by atoms with Crippen molar-refractivity contribution in [3.63, 3.8) is 0 Å². The van der Waals surface area contributed by atoms with Crippen molar-refractivity contribution in [2.24, 2.45) is 0 Å². The summed E-state index contributed by atoms with van der Waals surface area (Å²) in [5, 5.41) is 0. The van der Waals surface area contributed by atoms with Crippen LogP contribution in [0, 0.1) is 6.92 Å². The number of anilines is 2. The lowest BCUT2D eigenvalue weighted by Gasteiger charge is -2.25. The Morgan fingerprint density at radius 3 is 1.79 bits per heavy atom. The maximum absolute atomic E-state index is 6.28. The highest BCUT2D eigenvalue weighted by Crippen LogP contribution is 2.32. The van der Waals surface area contributed by atoms with Gasteiger partial charge < -0.3 is 14.5 Å². The smallest absolute Gasteiger partial charge is 0.108 e. The third kappa shape index (κ3) is 4.30. The first-order valence-corrected chi connectivity index (χ1v) is 8.50. The molecule has 0 aromatic heterocycles. The Labute approximate surface area is 146 Å². The summed E-state index contributed by atoms with van der Waals surface area (Å²) in [6.45, 7) is 6.34. The molecule has 0 spiro atoms. The number of rotatable bonds is 6. The van der Waals surface area contributed by atoms with Crippen LogP contribution in [0.1, 0.15) is 36.6 Å². The molecule has 2 rings (SSSR count). The summed E-state index contributed by atoms with van der Waals surface area (Å²) >= 11 is 0. The standard InChI is InChI=1S/C21H30N2O/c1-15(2)24-21(17-8-10-18(11-9-17)22(4)5)20-13-12-19(23(6)7)14-16(20)3/h8-15,21H,1-7H3. The summed E-state index contributed by atoms with van der Waals surface area (Å²) in [7, 11) is 8.25. The van der Waals surface area contributed by atoms with E-state index in [1.165, 1.54) is 28.1 Å². The van der Waals surface area contributed by atoms with Crippen LogP contribution in [-0.4, -0.2) is 34.3 Å². The number of nitrogens with zero attached hydrogens (tertiary/aromatic N) is 2. The molecule has 3 nitrogen and oxygen atoms in total. The molecule has 130 valence electrons. The highest BCUT2D eigenvalue weighted by atomic mass is 16.5. The lowest BCUT2D eigenvalue weighted by molar-refractivity contribution is 0.0301. The van der Waals surface area contributed by atoms with Crippen molar-refractivity contribution in [3.05, 3.63) is 59.2 Å². The average Bonchev–Trinajstić information content (AvgIpc) is 2.52. The van der Waals surface area contributed by atoms with Crippen LogP contribution in [0.15, 0.2) is 42.5 Å². The van der Waals surface area contributed by atoms with Crippen LogP contribution < -0.4 is 9.80 Å². The van der Waals surface area contributed by atoms with Crippen LogP contribution in [0.4, 0.5) is 11.4 Å². The van der Waals surface area contributed by atoms with Crippen molar-refractivity contribution in [1.29, 1.82) is 0 Å². The molecule has 0 bridgehead atoms. The zero-order valence-electron chi connectivity index (χ0n) is 16.0. The molecule has 1 unspecified atom stereocenters. The zero-order chi connectivity index (χ0) is 17.9. The Morgan fingerprint density at radius 2 is 1.33 bits per heavy atom. The fourth-order valence-electron chi connectivity index (χ4n) is 2.78. The van der Waals surface area contributed by atoms with Gasteiger partial charge in [-0.25, -0.2) is 0 Å². The summed E-state index contributed by atoms with van der Waals surface area (Å²) in [5.74, 6) is 0. The van der Waals surface area contributed by atoms with E-state index >= 15 is 0 Å². The first-order valence-electron chi connectivity index (χ1n) is 8.50. The van der Waals surface area contributed by atoms with Crippen LogP contribution in [0.3, 0.4) is 0 Å². The van der Waals surface area contributed by atoms with Gasteiger partial charge in [0.25, 0.3) is 0 Å². The van der Waals surface area contributed by atoms with E-state index < -0.39 is 0 Å². The Hall–Kier alpha value is -2.00. The number of ether oxygens (including phenoxy) is 1. The normalized spacial score (nSPS) is 12.3. The number of hydrogen-bond acceptors (Lipinski definition) is 3. The van der Waals surface area contributed by atoms with Crippen LogP contribution in [0.25, 0.3) is 0 Å². The molecule has 0 amide bonds. The van der Waals surface area contributed by atoms with E-state index in [4.69, 9.17) is 4.74 Å². The van der Waals surface area contributed by atoms with Gasteiger partial charge in [-0.15, -0.1) is 0 Å². The van der Waals surface area contributed by atoms with Crippen LogP contribution in [-0.2, 0) is 4.74 Å². The molecule has 2 aromatic carbocycles. The van der Waals surface area contributed by atoms with Gasteiger partial charge in [0.15, 0.2) is 0 Å². The maximum atomic E-state index is 6.28. The second kappa shape index (κ2) is 7.71. The minimum Gasteiger partial charge on any atom is -0.378 e. The second-order valence-electron chi connectivity index (χ2n) is 6.99. The van der Waals surface area contributed by atoms with Gasteiger partial charge in [-0.1, -0.05) is 18.2 Å². The van der Waals surface area contributed by atoms with Gasteiger partial charge in [-0.3, -0.25) is 0 Å². The molecule has 0 heterocycles. The molecule has 24 heavy (non-hydrogen) atoms. The summed E-state index contributed by atoms with van der Waals surface area (Å²) < 4.78 is 6.28. The van der Waals surface area contributed by atoms with Gasteiger partial charge in [0.1, 0.15) is 6.10 Å². The molecule has 0 aliphatic carbocycles. The van der Waals surface area contributed by atoms with Crippen molar-refractivity contribution in [3.8, 4) is 0 Å². The quantitative estimate of drug-likeness (QED) is 0.769. The molecular formula is C21H30N2O. The molecule has 0 aliphatic heterocycles. The number of aryl methyl sites for hydroxylation is 1. The van der Waals surface area contributed by atoms with Crippen molar-refractivity contribution < 1.29 is 4.74 Å². The molecule has 3 heteroatoms. The SMILES string of the molecule is Cc1cc(N(C)C)ccc1C(OC(C)C)c1ccc(N(C)C)cc1. The zero-order valence-corrected chi connectivity index (χ0v) is 16.0. The summed E-state index contributed by atoms with van der Waals surface area (Å²) in [5.41, 5.74) is 6.08. The van der Waals surface area contributed by atoms with Crippen LogP contribution in [0.5, 0.6) is 0 Å². The van der Waals surface area contributed by atoms with Gasteiger partial charge in [0.2, 0.25) is 0 Å². The van der Waals surface area contributed by atoms with Crippen molar-refractivity contribution in [2.75, 3.05) is 38.0 Å². The van der Waals surface area contributed by atoms with Gasteiger partial charge in [0.05, 0.1) is 6.10 Å². The van der Waals surface area contributed by atoms with E-state index in [0.29, 0.717) is 0 Å². The topological polar surface area (TPSA) is 15.7 Å². The molecule has 2 aromatic rings.